The Morgan fingerprint density at radius 2 is 1.81 bits per heavy atom. The molecule has 2 heterocycles. The number of aromatic hydroxyl groups is 2. The summed E-state index contributed by atoms with van der Waals surface area (Å²) in [5.41, 5.74) is -1.41. The van der Waals surface area contributed by atoms with Gasteiger partial charge in [-0.15, -0.1) is 0 Å². The molecule has 3 atom stereocenters. The average molecular weight is 625 g/mol. The third kappa shape index (κ3) is 5.40. The van der Waals surface area contributed by atoms with E-state index in [2.05, 4.69) is 0 Å². The molecule has 2 aromatic rings. The Hall–Kier alpha value is -2.73. The van der Waals surface area contributed by atoms with Gasteiger partial charge in [0.15, 0.2) is 27.1 Å². The van der Waals surface area contributed by atoms with Gasteiger partial charge in [0, 0.05) is 31.3 Å². The van der Waals surface area contributed by atoms with Gasteiger partial charge in [0.05, 0.1) is 21.5 Å². The third-order valence-electron chi connectivity index (χ3n) is 8.57. The van der Waals surface area contributed by atoms with Gasteiger partial charge in [-0.2, -0.15) is 0 Å². The Morgan fingerprint density at radius 1 is 1.14 bits per heavy atom. The van der Waals surface area contributed by atoms with Gasteiger partial charge in [-0.05, 0) is 57.2 Å². The van der Waals surface area contributed by atoms with Gasteiger partial charge in [0.1, 0.15) is 16.3 Å². The van der Waals surface area contributed by atoms with E-state index in [0.717, 1.165) is 12.1 Å². The van der Waals surface area contributed by atoms with Gasteiger partial charge in [-0.1, -0.05) is 44.4 Å². The number of sulfone groups is 1. The Balaban J connectivity index is 1.79. The number of carbonyl (C=O) groups is 2. The van der Waals surface area contributed by atoms with Gasteiger partial charge in [-0.3, -0.25) is 14.5 Å². The van der Waals surface area contributed by atoms with E-state index in [1.807, 2.05) is 13.8 Å². The number of phenols is 2. The fraction of sp³-hybridized carbons (Fsp3) is 0.533. The predicted octanol–water partition coefficient (Wildman–Crippen LogP) is 4.92. The SMILES string of the molecule is CCCC(C)(O)C(=O)[C@@H]1CCCN1C(C)(CCC)S(=O)(=O)c1cc(O)c(O)c2c1CN(Cc1ccc(F)c(Cl)c1)C2=O. The maximum atomic E-state index is 14.7. The minimum atomic E-state index is -4.40. The number of halogens is 2. The van der Waals surface area contributed by atoms with Crippen LogP contribution >= 0.6 is 11.6 Å². The summed E-state index contributed by atoms with van der Waals surface area (Å²) in [6, 6.07) is 4.09. The van der Waals surface area contributed by atoms with E-state index in [9.17, 15) is 37.7 Å². The lowest BCUT2D eigenvalue weighted by atomic mass is 9.89. The minimum absolute atomic E-state index is 0.0332. The number of rotatable bonds is 11. The van der Waals surface area contributed by atoms with Crippen LogP contribution in [-0.2, 0) is 27.7 Å². The molecule has 0 aliphatic carbocycles. The molecule has 230 valence electrons. The number of fused-ring (bicyclic) bond motifs is 1. The molecule has 0 saturated carbocycles. The molecule has 0 aromatic heterocycles. The van der Waals surface area contributed by atoms with Crippen molar-refractivity contribution in [3.63, 3.8) is 0 Å². The fourth-order valence-corrected chi connectivity index (χ4v) is 8.85. The number of amides is 1. The van der Waals surface area contributed by atoms with Crippen LogP contribution in [-0.4, -0.2) is 68.3 Å². The van der Waals surface area contributed by atoms with Crippen molar-refractivity contribution in [2.24, 2.45) is 0 Å². The molecule has 0 radical (unpaired) electrons. The summed E-state index contributed by atoms with van der Waals surface area (Å²) < 4.78 is 43.0. The van der Waals surface area contributed by atoms with Gasteiger partial charge in [0.2, 0.25) is 0 Å². The van der Waals surface area contributed by atoms with Crippen molar-refractivity contribution in [2.45, 2.75) is 101 Å². The molecular weight excluding hydrogens is 587 g/mol. The van der Waals surface area contributed by atoms with Crippen LogP contribution < -0.4 is 0 Å². The van der Waals surface area contributed by atoms with E-state index >= 15 is 0 Å². The molecular formula is C30H38ClFN2O7S. The summed E-state index contributed by atoms with van der Waals surface area (Å²) in [6.45, 7) is 6.74. The Kier molecular flexibility index (Phi) is 9.00. The number of Topliss-reactive ketones (excluding diaryl/α,β-unsaturated/α-hetero) is 1. The van der Waals surface area contributed by atoms with Crippen molar-refractivity contribution >= 4 is 33.1 Å². The van der Waals surface area contributed by atoms with Crippen LogP contribution in [0.25, 0.3) is 0 Å². The van der Waals surface area contributed by atoms with Crippen molar-refractivity contribution in [2.75, 3.05) is 6.54 Å². The highest BCUT2D eigenvalue weighted by atomic mass is 35.5. The van der Waals surface area contributed by atoms with Crippen LogP contribution in [0.1, 0.15) is 87.7 Å². The number of carbonyl (C=O) groups excluding carboxylic acids is 2. The normalized spacial score (nSPS) is 20.4. The summed E-state index contributed by atoms with van der Waals surface area (Å²) in [7, 11) is -4.40. The predicted molar refractivity (Wildman–Crippen MR) is 156 cm³/mol. The average Bonchev–Trinajstić information content (AvgIpc) is 3.53. The molecule has 0 spiro atoms. The van der Waals surface area contributed by atoms with Gasteiger partial charge in [-0.25, -0.2) is 12.8 Å². The molecule has 1 amide bonds. The van der Waals surface area contributed by atoms with Gasteiger partial charge in [0.25, 0.3) is 5.91 Å². The fourth-order valence-electron chi connectivity index (χ4n) is 6.42. The standard InChI is InChI=1S/C30H38ClFN2O7S/c1-5-11-29(3,39)27(37)22-8-7-13-34(22)30(4,12-6-2)42(40,41)24-15-23(35)26(36)25-19(24)17-33(28(25)38)16-18-9-10-21(32)20(31)14-18/h9-10,14-15,22,35-36,39H,5-8,11-13,16-17H2,1-4H3/t22-,29?,30?/m0/s1. The molecule has 0 bridgehead atoms. The number of hydrogen-bond acceptors (Lipinski definition) is 8. The molecule has 4 rings (SSSR count). The van der Waals surface area contributed by atoms with E-state index in [4.69, 9.17) is 11.6 Å². The van der Waals surface area contributed by atoms with Crippen molar-refractivity contribution < 1.29 is 37.7 Å². The zero-order chi connectivity index (χ0) is 31.2. The first-order chi connectivity index (χ1) is 19.6. The second-order valence-corrected chi connectivity index (χ2v) is 14.4. The number of phenolic OH excluding ortho intramolecular Hbond substituents is 2. The first kappa shape index (κ1) is 32.2. The zero-order valence-corrected chi connectivity index (χ0v) is 25.9. The molecule has 2 aromatic carbocycles. The molecule has 2 unspecified atom stereocenters. The maximum Gasteiger partial charge on any atom is 0.258 e. The molecule has 1 saturated heterocycles. The second-order valence-electron chi connectivity index (χ2n) is 11.7. The first-order valence-corrected chi connectivity index (χ1v) is 16.1. The smallest absolute Gasteiger partial charge is 0.258 e. The molecule has 2 aliphatic rings. The Bertz CT molecular complexity index is 1510. The molecule has 2 aliphatic heterocycles. The summed E-state index contributed by atoms with van der Waals surface area (Å²) in [5, 5.41) is 32.1. The molecule has 1 fully saturated rings. The van der Waals surface area contributed by atoms with Crippen molar-refractivity contribution in [3.05, 3.63) is 51.8 Å². The van der Waals surface area contributed by atoms with E-state index < -0.39 is 55.4 Å². The third-order valence-corrected chi connectivity index (χ3v) is 11.4. The maximum absolute atomic E-state index is 14.7. The van der Waals surface area contributed by atoms with E-state index in [0.29, 0.717) is 37.8 Å². The summed E-state index contributed by atoms with van der Waals surface area (Å²) >= 11 is 5.90. The monoisotopic (exact) mass is 624 g/mol. The molecule has 42 heavy (non-hydrogen) atoms. The number of likely N-dealkylation sites (tertiary alicyclic amines) is 1. The van der Waals surface area contributed by atoms with Crippen LogP contribution in [0.5, 0.6) is 11.5 Å². The minimum Gasteiger partial charge on any atom is -0.504 e. The molecule has 9 nitrogen and oxygen atoms in total. The van der Waals surface area contributed by atoms with Crippen molar-refractivity contribution in [1.29, 1.82) is 0 Å². The highest BCUT2D eigenvalue weighted by Gasteiger charge is 2.54. The topological polar surface area (TPSA) is 135 Å². The first-order valence-electron chi connectivity index (χ1n) is 14.2. The van der Waals surface area contributed by atoms with Gasteiger partial charge < -0.3 is 20.2 Å². The van der Waals surface area contributed by atoms with Crippen LogP contribution in [0.2, 0.25) is 5.02 Å². The highest BCUT2D eigenvalue weighted by molar-refractivity contribution is 7.92. The summed E-state index contributed by atoms with van der Waals surface area (Å²) in [4.78, 5) is 27.9. The van der Waals surface area contributed by atoms with Crippen LogP contribution in [0, 0.1) is 5.82 Å². The summed E-state index contributed by atoms with van der Waals surface area (Å²) in [6.07, 6.45) is 2.34. The van der Waals surface area contributed by atoms with E-state index in [-0.39, 0.29) is 47.0 Å². The number of benzene rings is 2. The number of hydrogen-bond donors (Lipinski definition) is 3. The van der Waals surface area contributed by atoms with Crippen LogP contribution in [0.4, 0.5) is 4.39 Å². The Labute approximate surface area is 250 Å². The quantitative estimate of drug-likeness (QED) is 0.300. The summed E-state index contributed by atoms with van der Waals surface area (Å²) in [5.74, 6) is -3.24. The van der Waals surface area contributed by atoms with Crippen molar-refractivity contribution in [3.8, 4) is 11.5 Å². The number of aliphatic hydroxyl groups is 1. The Morgan fingerprint density at radius 3 is 2.43 bits per heavy atom. The van der Waals surface area contributed by atoms with Crippen LogP contribution in [0.15, 0.2) is 29.2 Å². The number of nitrogens with zero attached hydrogens (tertiary/aromatic N) is 2. The largest absolute Gasteiger partial charge is 0.504 e. The zero-order valence-electron chi connectivity index (χ0n) is 24.3. The second kappa shape index (κ2) is 11.7. The van der Waals surface area contributed by atoms with E-state index in [1.54, 1.807) is 4.90 Å². The lowest BCUT2D eigenvalue weighted by Crippen LogP contribution is -2.59. The highest BCUT2D eigenvalue weighted by Crippen LogP contribution is 2.46. The van der Waals surface area contributed by atoms with Crippen molar-refractivity contribution in [1.82, 2.24) is 9.80 Å². The van der Waals surface area contributed by atoms with Gasteiger partial charge >= 0.3 is 0 Å². The number of ketones is 1. The van der Waals surface area contributed by atoms with E-state index in [1.165, 1.54) is 30.9 Å². The van der Waals surface area contributed by atoms with Crippen LogP contribution in [0.3, 0.4) is 0 Å². The molecule has 12 heteroatoms. The lowest BCUT2D eigenvalue weighted by molar-refractivity contribution is -0.142. The molecule has 3 N–H and O–H groups in total. The lowest BCUT2D eigenvalue weighted by Gasteiger charge is -2.43.